The van der Waals surface area contributed by atoms with E-state index in [1.165, 1.54) is 12.1 Å². The maximum Gasteiger partial charge on any atom is 0.274 e. The predicted octanol–water partition coefficient (Wildman–Crippen LogP) is 4.30. The Bertz CT molecular complexity index is 663. The van der Waals surface area contributed by atoms with Crippen molar-refractivity contribution in [2.75, 3.05) is 0 Å². The average molecular weight is 359 g/mol. The maximum absolute atomic E-state index is 10.8. The molecule has 0 saturated carbocycles. The van der Waals surface area contributed by atoms with Crippen molar-refractivity contribution in [3.63, 3.8) is 0 Å². The lowest BCUT2D eigenvalue weighted by atomic mass is 10.2. The molecule has 0 spiro atoms. The Balaban J connectivity index is 2.30. The van der Waals surface area contributed by atoms with Gasteiger partial charge in [0.25, 0.3) is 5.69 Å². The largest absolute Gasteiger partial charge is 0.457 e. The first-order valence-corrected chi connectivity index (χ1v) is 6.69. The number of non-ortho nitro benzene ring substituents is 1. The second kappa shape index (κ2) is 6.21. The molecular weight excluding hydrogens is 350 g/mol. The summed E-state index contributed by atoms with van der Waals surface area (Å²) in [6.07, 6.45) is 0. The van der Waals surface area contributed by atoms with Crippen LogP contribution in [0, 0.1) is 10.1 Å². The monoisotopic (exact) mass is 357 g/mol. The fourth-order valence-corrected chi connectivity index (χ4v) is 2.26. The topological polar surface area (TPSA) is 72.6 Å². The van der Waals surface area contributed by atoms with Gasteiger partial charge in [-0.2, -0.15) is 0 Å². The van der Waals surface area contributed by atoms with E-state index in [0.29, 0.717) is 26.6 Å². The van der Waals surface area contributed by atoms with E-state index in [1.807, 2.05) is 0 Å². The molecule has 0 fully saturated rings. The first-order valence-electron chi connectivity index (χ1n) is 5.51. The number of ether oxygens (including phenoxy) is 1. The number of halogens is 2. The van der Waals surface area contributed by atoms with Gasteiger partial charge in [-0.05, 0) is 23.8 Å². The van der Waals surface area contributed by atoms with Gasteiger partial charge in [-0.3, -0.25) is 10.1 Å². The molecule has 0 unspecified atom stereocenters. The Morgan fingerprint density at radius 1 is 1.25 bits per heavy atom. The van der Waals surface area contributed by atoms with E-state index >= 15 is 0 Å². The number of aliphatic hydroxyl groups is 1. The summed E-state index contributed by atoms with van der Waals surface area (Å²) < 4.78 is 6.07. The second-order valence-electron chi connectivity index (χ2n) is 3.92. The van der Waals surface area contributed by atoms with Crippen molar-refractivity contribution in [1.29, 1.82) is 0 Å². The van der Waals surface area contributed by atoms with Gasteiger partial charge < -0.3 is 9.84 Å². The second-order valence-corrected chi connectivity index (χ2v) is 5.24. The molecule has 0 aliphatic heterocycles. The molecule has 0 aliphatic carbocycles. The van der Waals surface area contributed by atoms with Crippen LogP contribution >= 0.6 is 27.5 Å². The van der Waals surface area contributed by atoms with Crippen LogP contribution in [-0.2, 0) is 6.61 Å². The molecule has 0 saturated heterocycles. The minimum atomic E-state index is -0.501. The first kappa shape index (κ1) is 14.8. The molecule has 2 rings (SSSR count). The van der Waals surface area contributed by atoms with E-state index < -0.39 is 4.92 Å². The zero-order valence-electron chi connectivity index (χ0n) is 10.0. The van der Waals surface area contributed by atoms with Gasteiger partial charge in [0.05, 0.1) is 17.6 Å². The molecule has 104 valence electrons. The Morgan fingerprint density at radius 3 is 2.60 bits per heavy atom. The molecule has 0 bridgehead atoms. The highest BCUT2D eigenvalue weighted by molar-refractivity contribution is 9.10. The quantitative estimate of drug-likeness (QED) is 0.653. The highest BCUT2D eigenvalue weighted by Gasteiger charge is 2.10. The molecule has 20 heavy (non-hydrogen) atoms. The Morgan fingerprint density at radius 2 is 2.00 bits per heavy atom. The van der Waals surface area contributed by atoms with Gasteiger partial charge >= 0.3 is 0 Å². The van der Waals surface area contributed by atoms with Crippen LogP contribution in [0.1, 0.15) is 5.56 Å². The van der Waals surface area contributed by atoms with E-state index in [4.69, 9.17) is 21.4 Å². The Kier molecular flexibility index (Phi) is 4.59. The molecule has 0 heterocycles. The SMILES string of the molecule is O=[N+]([O-])c1cc(Br)cc(Oc2ccc(CO)c(Cl)c2)c1. The van der Waals surface area contributed by atoms with E-state index in [0.717, 1.165) is 0 Å². The van der Waals surface area contributed by atoms with Crippen LogP contribution in [0.25, 0.3) is 0 Å². The van der Waals surface area contributed by atoms with E-state index in [-0.39, 0.29) is 12.3 Å². The summed E-state index contributed by atoms with van der Waals surface area (Å²) in [7, 11) is 0. The summed E-state index contributed by atoms with van der Waals surface area (Å²) in [5.74, 6) is 0.749. The first-order chi connectivity index (χ1) is 9.49. The van der Waals surface area contributed by atoms with Crippen molar-refractivity contribution in [1.82, 2.24) is 0 Å². The number of rotatable bonds is 4. The molecule has 0 radical (unpaired) electrons. The number of hydrogen-bond acceptors (Lipinski definition) is 4. The molecule has 0 aromatic heterocycles. The fourth-order valence-electron chi connectivity index (χ4n) is 1.57. The number of hydrogen-bond donors (Lipinski definition) is 1. The Hall–Kier alpha value is -1.63. The summed E-state index contributed by atoms with van der Waals surface area (Å²) in [6, 6.07) is 9.11. The molecule has 1 N–H and O–H groups in total. The minimum Gasteiger partial charge on any atom is -0.457 e. The van der Waals surface area contributed by atoms with Gasteiger partial charge in [0.15, 0.2) is 0 Å². The summed E-state index contributed by atoms with van der Waals surface area (Å²) >= 11 is 9.14. The summed E-state index contributed by atoms with van der Waals surface area (Å²) in [4.78, 5) is 10.3. The van der Waals surface area contributed by atoms with Gasteiger partial charge in [-0.1, -0.05) is 33.6 Å². The summed E-state index contributed by atoms with van der Waals surface area (Å²) in [6.45, 7) is -0.165. The number of nitro benzene ring substituents is 1. The van der Waals surface area contributed by atoms with Crippen LogP contribution in [0.3, 0.4) is 0 Å². The van der Waals surface area contributed by atoms with Gasteiger partial charge in [0, 0.05) is 15.6 Å². The number of nitro groups is 1. The molecule has 2 aromatic carbocycles. The highest BCUT2D eigenvalue weighted by atomic mass is 79.9. The third-order valence-corrected chi connectivity index (χ3v) is 3.31. The van der Waals surface area contributed by atoms with E-state index in [9.17, 15) is 10.1 Å². The van der Waals surface area contributed by atoms with Gasteiger partial charge in [-0.25, -0.2) is 0 Å². The van der Waals surface area contributed by atoms with Crippen molar-refractivity contribution >= 4 is 33.2 Å². The number of nitrogens with zero attached hydrogens (tertiary/aromatic N) is 1. The van der Waals surface area contributed by atoms with Crippen LogP contribution in [0.5, 0.6) is 11.5 Å². The molecule has 0 amide bonds. The standard InChI is InChI=1S/C13H9BrClNO4/c14-9-3-10(16(18)19)5-12(4-9)20-11-2-1-8(7-17)13(15)6-11/h1-6,17H,7H2. The number of benzene rings is 2. The molecule has 0 aliphatic rings. The fraction of sp³-hybridized carbons (Fsp3) is 0.0769. The molecule has 7 heteroatoms. The lowest BCUT2D eigenvalue weighted by Crippen LogP contribution is -1.91. The zero-order chi connectivity index (χ0) is 14.7. The summed E-state index contributed by atoms with van der Waals surface area (Å²) in [5.41, 5.74) is 0.506. The van der Waals surface area contributed by atoms with Crippen LogP contribution in [0.2, 0.25) is 5.02 Å². The number of aliphatic hydroxyl groups excluding tert-OH is 1. The molecule has 5 nitrogen and oxygen atoms in total. The lowest BCUT2D eigenvalue weighted by Gasteiger charge is -2.08. The minimum absolute atomic E-state index is 0.0764. The third-order valence-electron chi connectivity index (χ3n) is 2.50. The van der Waals surface area contributed by atoms with Gasteiger partial charge in [-0.15, -0.1) is 0 Å². The van der Waals surface area contributed by atoms with Gasteiger partial charge in [0.1, 0.15) is 11.5 Å². The van der Waals surface area contributed by atoms with Crippen molar-refractivity contribution in [3.05, 3.63) is 61.6 Å². The lowest BCUT2D eigenvalue weighted by molar-refractivity contribution is -0.385. The van der Waals surface area contributed by atoms with Crippen LogP contribution in [0.4, 0.5) is 5.69 Å². The summed E-state index contributed by atoms with van der Waals surface area (Å²) in [5, 5.41) is 20.2. The van der Waals surface area contributed by atoms with Crippen LogP contribution in [0.15, 0.2) is 40.9 Å². The Labute approximate surface area is 128 Å². The maximum atomic E-state index is 10.8. The van der Waals surface area contributed by atoms with Crippen molar-refractivity contribution in [3.8, 4) is 11.5 Å². The van der Waals surface area contributed by atoms with Crippen LogP contribution < -0.4 is 4.74 Å². The third kappa shape index (κ3) is 3.47. The van der Waals surface area contributed by atoms with Crippen molar-refractivity contribution < 1.29 is 14.8 Å². The smallest absolute Gasteiger partial charge is 0.274 e. The normalized spacial score (nSPS) is 10.3. The molecule has 0 atom stereocenters. The molecule has 2 aromatic rings. The van der Waals surface area contributed by atoms with Gasteiger partial charge in [0.2, 0.25) is 0 Å². The molecular formula is C13H9BrClNO4. The predicted molar refractivity (Wildman–Crippen MR) is 78.2 cm³/mol. The highest BCUT2D eigenvalue weighted by Crippen LogP contribution is 2.31. The average Bonchev–Trinajstić information content (AvgIpc) is 2.38. The van der Waals surface area contributed by atoms with E-state index in [2.05, 4.69) is 15.9 Å². The van der Waals surface area contributed by atoms with Crippen LogP contribution in [-0.4, -0.2) is 10.0 Å². The zero-order valence-corrected chi connectivity index (χ0v) is 12.4. The van der Waals surface area contributed by atoms with E-state index in [1.54, 1.807) is 24.3 Å². The van der Waals surface area contributed by atoms with Crippen molar-refractivity contribution in [2.45, 2.75) is 6.61 Å². The van der Waals surface area contributed by atoms with Crippen molar-refractivity contribution in [2.24, 2.45) is 0 Å².